The number of nitrogens with zero attached hydrogens (tertiary/aromatic N) is 2. The van der Waals surface area contributed by atoms with Crippen LogP contribution in [0.15, 0.2) is 18.2 Å². The monoisotopic (exact) mass is 285 g/mol. The summed E-state index contributed by atoms with van der Waals surface area (Å²) in [7, 11) is 0. The van der Waals surface area contributed by atoms with Crippen molar-refractivity contribution in [3.05, 3.63) is 24.0 Å². The molecule has 114 valence electrons. The number of hydrogen-bond donors (Lipinski definition) is 1. The van der Waals surface area contributed by atoms with Gasteiger partial charge in [-0.15, -0.1) is 0 Å². The van der Waals surface area contributed by atoms with Gasteiger partial charge in [0.05, 0.1) is 11.0 Å². The second-order valence-electron chi connectivity index (χ2n) is 6.53. The molecule has 1 saturated carbocycles. The summed E-state index contributed by atoms with van der Waals surface area (Å²) in [4.78, 5) is 4.86. The zero-order chi connectivity index (χ0) is 14.8. The van der Waals surface area contributed by atoms with Crippen LogP contribution in [0.4, 0.5) is 5.69 Å². The van der Waals surface area contributed by atoms with Gasteiger partial charge in [-0.25, -0.2) is 4.98 Å². The fourth-order valence-corrected chi connectivity index (χ4v) is 3.85. The molecule has 1 aromatic carbocycles. The summed E-state index contributed by atoms with van der Waals surface area (Å²) in [6.45, 7) is 4.61. The van der Waals surface area contributed by atoms with Crippen LogP contribution in [0.2, 0.25) is 0 Å². The van der Waals surface area contributed by atoms with Crippen LogP contribution >= 0.6 is 0 Å². The smallest absolute Gasteiger partial charge is 0.110 e. The van der Waals surface area contributed by atoms with Crippen molar-refractivity contribution in [3.8, 4) is 0 Å². The van der Waals surface area contributed by atoms with Crippen molar-refractivity contribution in [2.45, 2.75) is 64.8 Å². The first-order valence-electron chi connectivity index (χ1n) is 8.47. The van der Waals surface area contributed by atoms with Crippen LogP contribution in [0.1, 0.15) is 64.2 Å². The fourth-order valence-electron chi connectivity index (χ4n) is 3.85. The molecule has 1 unspecified atom stereocenters. The Morgan fingerprint density at radius 2 is 2.05 bits per heavy atom. The third kappa shape index (κ3) is 2.78. The number of nitrogen functional groups attached to an aromatic ring is 1. The summed E-state index contributed by atoms with van der Waals surface area (Å²) in [5.74, 6) is 2.03. The molecular weight excluding hydrogens is 258 g/mol. The van der Waals surface area contributed by atoms with Crippen molar-refractivity contribution >= 4 is 16.7 Å². The quantitative estimate of drug-likeness (QED) is 0.827. The van der Waals surface area contributed by atoms with E-state index in [1.165, 1.54) is 43.4 Å². The molecule has 0 radical (unpaired) electrons. The molecule has 1 aliphatic rings. The largest absolute Gasteiger partial charge is 0.399 e. The molecular formula is C18H27N3. The maximum Gasteiger partial charge on any atom is 0.110 e. The highest BCUT2D eigenvalue weighted by atomic mass is 15.1. The highest BCUT2D eigenvalue weighted by molar-refractivity contribution is 5.79. The van der Waals surface area contributed by atoms with Gasteiger partial charge < -0.3 is 10.3 Å². The highest BCUT2D eigenvalue weighted by Gasteiger charge is 2.24. The molecule has 1 atom stereocenters. The lowest BCUT2D eigenvalue weighted by atomic mass is 9.84. The van der Waals surface area contributed by atoms with Gasteiger partial charge in [0.25, 0.3) is 0 Å². The van der Waals surface area contributed by atoms with Gasteiger partial charge in [-0.05, 0) is 50.3 Å². The Bertz CT molecular complexity index is 608. The summed E-state index contributed by atoms with van der Waals surface area (Å²) in [5, 5.41) is 0. The van der Waals surface area contributed by atoms with E-state index in [9.17, 15) is 0 Å². The number of rotatable bonds is 4. The van der Waals surface area contributed by atoms with E-state index in [-0.39, 0.29) is 0 Å². The van der Waals surface area contributed by atoms with E-state index in [1.807, 2.05) is 12.1 Å². The summed E-state index contributed by atoms with van der Waals surface area (Å²) in [5.41, 5.74) is 9.04. The third-order valence-corrected chi connectivity index (χ3v) is 5.00. The second-order valence-corrected chi connectivity index (χ2v) is 6.53. The van der Waals surface area contributed by atoms with Gasteiger partial charge in [0, 0.05) is 18.2 Å². The first-order chi connectivity index (χ1) is 10.2. The molecule has 1 aliphatic carbocycles. The van der Waals surface area contributed by atoms with Crippen LogP contribution < -0.4 is 5.73 Å². The number of aromatic nitrogens is 2. The molecule has 0 aliphatic heterocycles. The predicted molar refractivity (Wildman–Crippen MR) is 89.4 cm³/mol. The van der Waals surface area contributed by atoms with E-state index in [2.05, 4.69) is 24.5 Å². The molecule has 3 rings (SSSR count). The van der Waals surface area contributed by atoms with Gasteiger partial charge in [0.1, 0.15) is 5.82 Å². The van der Waals surface area contributed by atoms with E-state index in [0.717, 1.165) is 30.0 Å². The van der Waals surface area contributed by atoms with E-state index >= 15 is 0 Å². The summed E-state index contributed by atoms with van der Waals surface area (Å²) >= 11 is 0. The van der Waals surface area contributed by atoms with Gasteiger partial charge in [-0.2, -0.15) is 0 Å². The molecule has 2 N–H and O–H groups in total. The number of imidazole rings is 1. The molecule has 1 heterocycles. The van der Waals surface area contributed by atoms with Crippen LogP contribution in [0.3, 0.4) is 0 Å². The minimum absolute atomic E-state index is 0.542. The molecule has 0 amide bonds. The summed E-state index contributed by atoms with van der Waals surface area (Å²) < 4.78 is 2.49. The lowest BCUT2D eigenvalue weighted by Gasteiger charge is -2.30. The molecule has 2 aromatic rings. The van der Waals surface area contributed by atoms with Crippen LogP contribution in [0.5, 0.6) is 0 Å². The first-order valence-corrected chi connectivity index (χ1v) is 8.47. The zero-order valence-corrected chi connectivity index (χ0v) is 13.3. The maximum absolute atomic E-state index is 5.93. The van der Waals surface area contributed by atoms with Crippen LogP contribution in [0, 0.1) is 5.92 Å². The van der Waals surface area contributed by atoms with E-state index in [0.29, 0.717) is 6.04 Å². The van der Waals surface area contributed by atoms with Crippen molar-refractivity contribution in [2.75, 3.05) is 5.73 Å². The van der Waals surface area contributed by atoms with Gasteiger partial charge in [-0.1, -0.05) is 26.2 Å². The molecule has 21 heavy (non-hydrogen) atoms. The normalized spacial score (nSPS) is 18.2. The summed E-state index contributed by atoms with van der Waals surface area (Å²) in [6, 6.07) is 6.71. The molecule has 0 bridgehead atoms. The number of benzene rings is 1. The SMILES string of the molecule is CCCc1nc2cc(N)ccc2n1C(C)C1CCCCC1. The van der Waals surface area contributed by atoms with Crippen molar-refractivity contribution in [1.82, 2.24) is 9.55 Å². The summed E-state index contributed by atoms with van der Waals surface area (Å²) in [6.07, 6.45) is 9.09. The standard InChI is InChI=1S/C18H27N3/c1-3-7-18-20-16-12-15(19)10-11-17(16)21(18)13(2)14-8-5-4-6-9-14/h10-14H,3-9,19H2,1-2H3. The number of fused-ring (bicyclic) bond motifs is 1. The van der Waals surface area contributed by atoms with E-state index < -0.39 is 0 Å². The van der Waals surface area contributed by atoms with Gasteiger partial charge in [-0.3, -0.25) is 0 Å². The maximum atomic E-state index is 5.93. The average molecular weight is 285 g/mol. The molecule has 1 aromatic heterocycles. The lowest BCUT2D eigenvalue weighted by molar-refractivity contribution is 0.264. The predicted octanol–water partition coefficient (Wildman–Crippen LogP) is 4.71. The molecule has 0 spiro atoms. The van der Waals surface area contributed by atoms with Crippen molar-refractivity contribution in [3.63, 3.8) is 0 Å². The Morgan fingerprint density at radius 3 is 2.76 bits per heavy atom. The molecule has 1 fully saturated rings. The van der Waals surface area contributed by atoms with Crippen molar-refractivity contribution in [1.29, 1.82) is 0 Å². The van der Waals surface area contributed by atoms with Gasteiger partial charge >= 0.3 is 0 Å². The van der Waals surface area contributed by atoms with Crippen LogP contribution in [-0.4, -0.2) is 9.55 Å². The minimum Gasteiger partial charge on any atom is -0.399 e. The fraction of sp³-hybridized carbons (Fsp3) is 0.611. The Morgan fingerprint density at radius 1 is 1.29 bits per heavy atom. The number of nitrogens with two attached hydrogens (primary N) is 1. The Balaban J connectivity index is 2.03. The van der Waals surface area contributed by atoms with Crippen LogP contribution in [-0.2, 0) is 6.42 Å². The number of anilines is 1. The minimum atomic E-state index is 0.542. The van der Waals surface area contributed by atoms with Crippen molar-refractivity contribution < 1.29 is 0 Å². The molecule has 3 heteroatoms. The first kappa shape index (κ1) is 14.4. The highest BCUT2D eigenvalue weighted by Crippen LogP contribution is 2.35. The van der Waals surface area contributed by atoms with Gasteiger partial charge in [0.2, 0.25) is 0 Å². The Kier molecular flexibility index (Phi) is 4.18. The topological polar surface area (TPSA) is 43.8 Å². The average Bonchev–Trinajstić information content (AvgIpc) is 2.85. The molecule has 3 nitrogen and oxygen atoms in total. The van der Waals surface area contributed by atoms with E-state index in [4.69, 9.17) is 10.7 Å². The third-order valence-electron chi connectivity index (χ3n) is 5.00. The van der Waals surface area contributed by atoms with Crippen molar-refractivity contribution in [2.24, 2.45) is 5.92 Å². The Labute approximate surface area is 127 Å². The van der Waals surface area contributed by atoms with E-state index in [1.54, 1.807) is 0 Å². The van der Waals surface area contributed by atoms with Gasteiger partial charge in [0.15, 0.2) is 0 Å². The number of aryl methyl sites for hydroxylation is 1. The number of hydrogen-bond acceptors (Lipinski definition) is 2. The second kappa shape index (κ2) is 6.08. The zero-order valence-electron chi connectivity index (χ0n) is 13.3. The molecule has 0 saturated heterocycles. The van der Waals surface area contributed by atoms with Crippen LogP contribution in [0.25, 0.3) is 11.0 Å². The Hall–Kier alpha value is -1.51. The lowest BCUT2D eigenvalue weighted by Crippen LogP contribution is -2.21.